The SMILES string of the molecule is Cc1nc2ccccc2n1Cc1ccc(-c2ccccc2N2CCN(C)CC2)cc1. The Morgan fingerprint density at radius 2 is 1.50 bits per heavy atom. The molecule has 0 spiro atoms. The fraction of sp³-hybridized carbons (Fsp3) is 0.269. The van der Waals surface area contributed by atoms with Gasteiger partial charge < -0.3 is 14.4 Å². The lowest BCUT2D eigenvalue weighted by atomic mass is 10.0. The summed E-state index contributed by atoms with van der Waals surface area (Å²) in [4.78, 5) is 9.61. The molecule has 0 aliphatic carbocycles. The van der Waals surface area contributed by atoms with Crippen LogP contribution in [0.4, 0.5) is 5.69 Å². The van der Waals surface area contributed by atoms with Crippen LogP contribution in [-0.4, -0.2) is 47.7 Å². The van der Waals surface area contributed by atoms with E-state index in [1.165, 1.54) is 27.9 Å². The molecule has 2 heterocycles. The molecule has 0 amide bonds. The highest BCUT2D eigenvalue weighted by molar-refractivity contribution is 5.79. The highest BCUT2D eigenvalue weighted by Crippen LogP contribution is 2.31. The van der Waals surface area contributed by atoms with Crippen molar-refractivity contribution in [2.75, 3.05) is 38.1 Å². The van der Waals surface area contributed by atoms with Gasteiger partial charge in [-0.05, 0) is 43.3 Å². The second-order valence-corrected chi connectivity index (χ2v) is 8.24. The molecule has 0 radical (unpaired) electrons. The number of hydrogen-bond donors (Lipinski definition) is 0. The molecule has 1 saturated heterocycles. The maximum absolute atomic E-state index is 4.70. The fourth-order valence-corrected chi connectivity index (χ4v) is 4.41. The molecule has 0 bridgehead atoms. The molecule has 1 fully saturated rings. The van der Waals surface area contributed by atoms with E-state index in [1.54, 1.807) is 0 Å². The fourth-order valence-electron chi connectivity index (χ4n) is 4.41. The van der Waals surface area contributed by atoms with Crippen LogP contribution in [0.25, 0.3) is 22.2 Å². The van der Waals surface area contributed by atoms with Crippen molar-refractivity contribution < 1.29 is 0 Å². The Bertz CT molecular complexity index is 1150. The van der Waals surface area contributed by atoms with Gasteiger partial charge in [0.15, 0.2) is 0 Å². The Morgan fingerprint density at radius 3 is 2.30 bits per heavy atom. The normalized spacial score (nSPS) is 15.1. The largest absolute Gasteiger partial charge is 0.368 e. The van der Waals surface area contributed by atoms with E-state index in [0.717, 1.165) is 44.1 Å². The van der Waals surface area contributed by atoms with Crippen molar-refractivity contribution in [3.8, 4) is 11.1 Å². The summed E-state index contributed by atoms with van der Waals surface area (Å²) in [5, 5.41) is 0. The lowest BCUT2D eigenvalue weighted by Crippen LogP contribution is -2.44. The van der Waals surface area contributed by atoms with Crippen LogP contribution in [-0.2, 0) is 6.54 Å². The number of aryl methyl sites for hydroxylation is 1. The van der Waals surface area contributed by atoms with E-state index in [-0.39, 0.29) is 0 Å². The van der Waals surface area contributed by atoms with Crippen molar-refractivity contribution in [3.05, 3.63) is 84.2 Å². The molecular weight excluding hydrogens is 368 g/mol. The van der Waals surface area contributed by atoms with Crippen LogP contribution in [0, 0.1) is 6.92 Å². The number of fused-ring (bicyclic) bond motifs is 1. The van der Waals surface area contributed by atoms with Crippen molar-refractivity contribution >= 4 is 16.7 Å². The average molecular weight is 397 g/mol. The predicted octanol–water partition coefficient (Wildman–Crippen LogP) is 4.81. The first-order valence-corrected chi connectivity index (χ1v) is 10.7. The van der Waals surface area contributed by atoms with Crippen LogP contribution in [0.2, 0.25) is 0 Å². The number of likely N-dealkylation sites (N-methyl/N-ethyl adjacent to an activating group) is 1. The van der Waals surface area contributed by atoms with Crippen molar-refractivity contribution in [2.24, 2.45) is 0 Å². The zero-order chi connectivity index (χ0) is 20.5. The number of rotatable bonds is 4. The van der Waals surface area contributed by atoms with Gasteiger partial charge in [0.2, 0.25) is 0 Å². The standard InChI is InChI=1S/C26H28N4/c1-20-27-24-8-4-6-10-26(24)30(20)19-21-11-13-22(14-12-21)23-7-3-5-9-25(23)29-17-15-28(2)16-18-29/h3-14H,15-19H2,1-2H3. The molecular formula is C26H28N4. The maximum atomic E-state index is 4.70. The van der Waals surface area contributed by atoms with Crippen molar-refractivity contribution in [1.29, 1.82) is 0 Å². The summed E-state index contributed by atoms with van der Waals surface area (Å²) in [6, 6.07) is 26.2. The first-order chi connectivity index (χ1) is 14.7. The molecule has 4 heteroatoms. The van der Waals surface area contributed by atoms with Gasteiger partial charge in [-0.2, -0.15) is 0 Å². The minimum absolute atomic E-state index is 0.840. The van der Waals surface area contributed by atoms with E-state index >= 15 is 0 Å². The van der Waals surface area contributed by atoms with Gasteiger partial charge in [-0.1, -0.05) is 54.6 Å². The Kier molecular flexibility index (Phi) is 5.01. The highest BCUT2D eigenvalue weighted by atomic mass is 15.2. The average Bonchev–Trinajstić information content (AvgIpc) is 3.10. The summed E-state index contributed by atoms with van der Waals surface area (Å²) in [6.45, 7) is 7.32. The number of anilines is 1. The summed E-state index contributed by atoms with van der Waals surface area (Å²) >= 11 is 0. The molecule has 4 nitrogen and oxygen atoms in total. The van der Waals surface area contributed by atoms with Gasteiger partial charge in [-0.25, -0.2) is 4.98 Å². The summed E-state index contributed by atoms with van der Waals surface area (Å²) in [5.74, 6) is 1.06. The molecule has 30 heavy (non-hydrogen) atoms. The number of hydrogen-bond acceptors (Lipinski definition) is 3. The van der Waals surface area contributed by atoms with Crippen molar-refractivity contribution in [3.63, 3.8) is 0 Å². The van der Waals surface area contributed by atoms with Gasteiger partial charge in [-0.15, -0.1) is 0 Å². The van der Waals surface area contributed by atoms with Crippen LogP contribution >= 0.6 is 0 Å². The smallest absolute Gasteiger partial charge is 0.107 e. The third-order valence-electron chi connectivity index (χ3n) is 6.20. The third-order valence-corrected chi connectivity index (χ3v) is 6.20. The van der Waals surface area contributed by atoms with E-state index in [9.17, 15) is 0 Å². The van der Waals surface area contributed by atoms with E-state index < -0.39 is 0 Å². The van der Waals surface area contributed by atoms with E-state index in [2.05, 4.69) is 95.1 Å². The Hall–Kier alpha value is -3.11. The summed E-state index contributed by atoms with van der Waals surface area (Å²) < 4.78 is 2.29. The molecule has 0 unspecified atom stereocenters. The zero-order valence-electron chi connectivity index (χ0n) is 17.8. The van der Waals surface area contributed by atoms with Gasteiger partial charge in [0.05, 0.1) is 11.0 Å². The molecule has 152 valence electrons. The van der Waals surface area contributed by atoms with E-state index in [0.29, 0.717) is 0 Å². The monoisotopic (exact) mass is 396 g/mol. The number of benzene rings is 3. The van der Waals surface area contributed by atoms with Gasteiger partial charge in [0, 0.05) is 44.0 Å². The molecule has 4 aromatic rings. The van der Waals surface area contributed by atoms with Crippen LogP contribution in [0.15, 0.2) is 72.8 Å². The van der Waals surface area contributed by atoms with Crippen LogP contribution in [0.5, 0.6) is 0 Å². The predicted molar refractivity (Wildman–Crippen MR) is 125 cm³/mol. The molecule has 1 aliphatic heterocycles. The molecule has 0 N–H and O–H groups in total. The van der Waals surface area contributed by atoms with Gasteiger partial charge >= 0.3 is 0 Å². The van der Waals surface area contributed by atoms with E-state index in [1.807, 2.05) is 6.07 Å². The Labute approximate surface area is 178 Å². The molecule has 5 rings (SSSR count). The quantitative estimate of drug-likeness (QED) is 0.495. The van der Waals surface area contributed by atoms with Crippen LogP contribution in [0.1, 0.15) is 11.4 Å². The second kappa shape index (κ2) is 7.96. The lowest BCUT2D eigenvalue weighted by molar-refractivity contribution is 0.313. The number of nitrogens with zero attached hydrogens (tertiary/aromatic N) is 4. The number of piperazine rings is 1. The first-order valence-electron chi connectivity index (χ1n) is 10.7. The highest BCUT2D eigenvalue weighted by Gasteiger charge is 2.17. The Balaban J connectivity index is 1.41. The molecule has 0 saturated carbocycles. The van der Waals surface area contributed by atoms with Gasteiger partial charge in [-0.3, -0.25) is 0 Å². The zero-order valence-corrected chi connectivity index (χ0v) is 17.8. The second-order valence-electron chi connectivity index (χ2n) is 8.24. The summed E-state index contributed by atoms with van der Waals surface area (Å²) in [6.07, 6.45) is 0. The molecule has 0 atom stereocenters. The minimum Gasteiger partial charge on any atom is -0.368 e. The summed E-state index contributed by atoms with van der Waals surface area (Å²) in [7, 11) is 2.20. The maximum Gasteiger partial charge on any atom is 0.107 e. The molecule has 3 aromatic carbocycles. The van der Waals surface area contributed by atoms with Crippen LogP contribution in [0.3, 0.4) is 0 Å². The number of imidazole rings is 1. The first kappa shape index (κ1) is 18.9. The molecule has 1 aliphatic rings. The van der Waals surface area contributed by atoms with Crippen molar-refractivity contribution in [1.82, 2.24) is 14.5 Å². The third kappa shape index (κ3) is 3.59. The minimum atomic E-state index is 0.840. The topological polar surface area (TPSA) is 24.3 Å². The molecule has 1 aromatic heterocycles. The Morgan fingerprint density at radius 1 is 0.800 bits per heavy atom. The number of aromatic nitrogens is 2. The van der Waals surface area contributed by atoms with Gasteiger partial charge in [0.25, 0.3) is 0 Å². The van der Waals surface area contributed by atoms with Crippen LogP contribution < -0.4 is 4.90 Å². The van der Waals surface area contributed by atoms with Crippen molar-refractivity contribution in [2.45, 2.75) is 13.5 Å². The lowest BCUT2D eigenvalue weighted by Gasteiger charge is -2.35. The number of para-hydroxylation sites is 3. The summed E-state index contributed by atoms with van der Waals surface area (Å²) in [5.41, 5.74) is 7.49. The van der Waals surface area contributed by atoms with E-state index in [4.69, 9.17) is 4.98 Å². The van der Waals surface area contributed by atoms with Gasteiger partial charge in [0.1, 0.15) is 5.82 Å².